The minimum atomic E-state index is -4.66. The molecule has 8 nitrogen and oxygen atoms in total. The number of nitrogens with two attached hydrogens (primary N) is 1. The SMILES string of the molecule is C#CCC(N)c1oc(-c2ccc(OC(C)CC)c3nc(C(F)(F)F)ccc23)nc1C(=O)NC1CCS(=O)C1. The van der Waals surface area contributed by atoms with E-state index in [1.54, 1.807) is 13.0 Å². The lowest BCUT2D eigenvalue weighted by atomic mass is 10.1. The second kappa shape index (κ2) is 11.1. The van der Waals surface area contributed by atoms with E-state index in [4.69, 9.17) is 21.3 Å². The molecule has 0 aliphatic carbocycles. The molecule has 1 aliphatic rings. The van der Waals surface area contributed by atoms with Crippen LogP contribution in [0.25, 0.3) is 22.4 Å². The van der Waals surface area contributed by atoms with Crippen molar-refractivity contribution in [1.29, 1.82) is 0 Å². The number of fused-ring (bicyclic) bond motifs is 1. The van der Waals surface area contributed by atoms with Crippen LogP contribution in [-0.2, 0) is 17.0 Å². The van der Waals surface area contributed by atoms with Crippen LogP contribution in [0.5, 0.6) is 5.75 Å². The van der Waals surface area contributed by atoms with Gasteiger partial charge in [-0.15, -0.1) is 12.3 Å². The van der Waals surface area contributed by atoms with E-state index < -0.39 is 34.6 Å². The highest BCUT2D eigenvalue weighted by molar-refractivity contribution is 7.85. The molecular formula is C26H27F3N4O4S. The quantitative estimate of drug-likeness (QED) is 0.402. The lowest BCUT2D eigenvalue weighted by molar-refractivity contribution is -0.140. The van der Waals surface area contributed by atoms with Crippen molar-refractivity contribution in [3.63, 3.8) is 0 Å². The number of aromatic nitrogens is 2. The Hall–Kier alpha value is -3.43. The lowest BCUT2D eigenvalue weighted by Gasteiger charge is -2.16. The maximum atomic E-state index is 13.5. The highest BCUT2D eigenvalue weighted by Gasteiger charge is 2.34. The predicted octanol–water partition coefficient (Wildman–Crippen LogP) is 4.36. The maximum Gasteiger partial charge on any atom is 0.433 e. The summed E-state index contributed by atoms with van der Waals surface area (Å²) in [5.41, 5.74) is 5.29. The third kappa shape index (κ3) is 5.84. The Labute approximate surface area is 220 Å². The third-order valence-electron chi connectivity index (χ3n) is 6.20. The summed E-state index contributed by atoms with van der Waals surface area (Å²) < 4.78 is 63.9. The fourth-order valence-electron chi connectivity index (χ4n) is 4.04. The fraction of sp³-hybridized carbons (Fsp3) is 0.423. The molecule has 1 fully saturated rings. The van der Waals surface area contributed by atoms with E-state index in [1.165, 1.54) is 12.1 Å². The number of terminal acetylenes is 1. The van der Waals surface area contributed by atoms with Crippen molar-refractivity contribution >= 4 is 27.6 Å². The number of nitrogens with one attached hydrogen (secondary N) is 1. The molecule has 4 rings (SSSR count). The average molecular weight is 549 g/mol. The van der Waals surface area contributed by atoms with E-state index in [-0.39, 0.29) is 52.6 Å². The van der Waals surface area contributed by atoms with Crippen LogP contribution in [0.15, 0.2) is 28.7 Å². The Kier molecular flexibility index (Phi) is 8.08. The van der Waals surface area contributed by atoms with Gasteiger partial charge in [0.1, 0.15) is 17.0 Å². The zero-order valence-corrected chi connectivity index (χ0v) is 21.6. The van der Waals surface area contributed by atoms with E-state index in [2.05, 4.69) is 21.2 Å². The number of alkyl halides is 3. The van der Waals surface area contributed by atoms with Gasteiger partial charge in [-0.25, -0.2) is 9.97 Å². The molecule has 3 aromatic rings. The van der Waals surface area contributed by atoms with E-state index >= 15 is 0 Å². The van der Waals surface area contributed by atoms with Gasteiger partial charge in [0, 0.05) is 45.7 Å². The summed E-state index contributed by atoms with van der Waals surface area (Å²) in [5, 5.41) is 3.09. The van der Waals surface area contributed by atoms with Crippen LogP contribution in [0.2, 0.25) is 0 Å². The molecule has 3 N–H and O–H groups in total. The van der Waals surface area contributed by atoms with E-state index in [1.807, 2.05) is 6.92 Å². The molecule has 0 spiro atoms. The van der Waals surface area contributed by atoms with Crippen molar-refractivity contribution in [3.8, 4) is 29.5 Å². The Balaban J connectivity index is 1.82. The Morgan fingerprint density at radius 1 is 1.34 bits per heavy atom. The standard InChI is InChI=1S/C26H27F3N4O4S/c1-4-6-18(30)23-22(24(34)31-15-11-12-38(35)13-15)33-25(37-23)17-7-9-19(36-14(3)5-2)21-16(17)8-10-20(32-21)26(27,28)29/h1,7-10,14-15,18H,5-6,11-13,30H2,2-3H3,(H,31,34). The molecule has 12 heteroatoms. The number of pyridine rings is 1. The number of hydrogen-bond donors (Lipinski definition) is 2. The first-order valence-corrected chi connectivity index (χ1v) is 13.5. The normalized spacial score (nSPS) is 19.2. The Morgan fingerprint density at radius 3 is 2.74 bits per heavy atom. The average Bonchev–Trinajstić information content (AvgIpc) is 3.50. The molecule has 0 saturated carbocycles. The summed E-state index contributed by atoms with van der Waals surface area (Å²) >= 11 is 0. The third-order valence-corrected chi connectivity index (χ3v) is 7.67. The first kappa shape index (κ1) is 27.6. The summed E-state index contributed by atoms with van der Waals surface area (Å²) in [7, 11) is -1.01. The van der Waals surface area contributed by atoms with Crippen LogP contribution < -0.4 is 15.8 Å². The Morgan fingerprint density at radius 2 is 2.11 bits per heavy atom. The molecule has 1 aromatic carbocycles. The summed E-state index contributed by atoms with van der Waals surface area (Å²) in [4.78, 5) is 21.3. The minimum absolute atomic E-state index is 0.0234. The number of hydrogen-bond acceptors (Lipinski definition) is 7. The highest BCUT2D eigenvalue weighted by Crippen LogP contribution is 2.38. The molecule has 38 heavy (non-hydrogen) atoms. The van der Waals surface area contributed by atoms with Crippen molar-refractivity contribution in [2.24, 2.45) is 5.73 Å². The Bertz CT molecular complexity index is 1420. The van der Waals surface area contributed by atoms with Crippen LogP contribution in [0, 0.1) is 12.3 Å². The molecule has 0 radical (unpaired) electrons. The molecule has 4 unspecified atom stereocenters. The number of nitrogens with zero attached hydrogens (tertiary/aromatic N) is 2. The molecule has 1 aliphatic heterocycles. The summed E-state index contributed by atoms with van der Waals surface area (Å²) in [5.74, 6) is 2.86. The van der Waals surface area contributed by atoms with Gasteiger partial charge < -0.3 is 20.2 Å². The molecule has 1 amide bonds. The maximum absolute atomic E-state index is 13.5. The molecule has 2 aromatic heterocycles. The number of ether oxygens (including phenoxy) is 1. The monoisotopic (exact) mass is 548 g/mol. The number of carbonyl (C=O) groups excluding carboxylic acids is 1. The van der Waals surface area contributed by atoms with Crippen molar-refractivity contribution in [1.82, 2.24) is 15.3 Å². The van der Waals surface area contributed by atoms with Gasteiger partial charge in [0.2, 0.25) is 5.89 Å². The van der Waals surface area contributed by atoms with E-state index in [0.29, 0.717) is 29.9 Å². The molecule has 1 saturated heterocycles. The van der Waals surface area contributed by atoms with E-state index in [9.17, 15) is 22.2 Å². The summed E-state index contributed by atoms with van der Waals surface area (Å²) in [6, 6.07) is 4.06. The second-order valence-electron chi connectivity index (χ2n) is 9.05. The molecule has 4 atom stereocenters. The largest absolute Gasteiger partial charge is 0.488 e. The van der Waals surface area contributed by atoms with Crippen molar-refractivity contribution in [2.45, 2.75) is 57.5 Å². The van der Waals surface area contributed by atoms with Gasteiger partial charge in [-0.2, -0.15) is 13.2 Å². The number of amides is 1. The van der Waals surface area contributed by atoms with Crippen molar-refractivity contribution in [3.05, 3.63) is 41.4 Å². The number of carbonyl (C=O) groups is 1. The molecular weight excluding hydrogens is 521 g/mol. The van der Waals surface area contributed by atoms with Crippen molar-refractivity contribution < 1.29 is 31.3 Å². The predicted molar refractivity (Wildman–Crippen MR) is 137 cm³/mol. The van der Waals surface area contributed by atoms with Gasteiger partial charge in [-0.1, -0.05) is 6.92 Å². The topological polar surface area (TPSA) is 120 Å². The van der Waals surface area contributed by atoms with Crippen LogP contribution in [0.4, 0.5) is 13.2 Å². The molecule has 0 bridgehead atoms. The van der Waals surface area contributed by atoms with Crippen LogP contribution in [0.3, 0.4) is 0 Å². The second-order valence-corrected chi connectivity index (χ2v) is 10.7. The number of rotatable bonds is 8. The summed E-state index contributed by atoms with van der Waals surface area (Å²) in [6.45, 7) is 3.69. The van der Waals surface area contributed by atoms with Crippen LogP contribution in [0.1, 0.15) is 61.1 Å². The number of halogens is 3. The van der Waals surface area contributed by atoms with Crippen molar-refractivity contribution in [2.75, 3.05) is 11.5 Å². The van der Waals surface area contributed by atoms with Gasteiger partial charge in [-0.05, 0) is 44.0 Å². The van der Waals surface area contributed by atoms with Gasteiger partial charge in [0.05, 0.1) is 12.1 Å². The molecule has 3 heterocycles. The fourth-order valence-corrected chi connectivity index (χ4v) is 5.46. The van der Waals surface area contributed by atoms with Gasteiger partial charge in [0.25, 0.3) is 5.91 Å². The zero-order valence-electron chi connectivity index (χ0n) is 20.8. The minimum Gasteiger partial charge on any atom is -0.488 e. The first-order valence-electron chi connectivity index (χ1n) is 12.0. The van der Waals surface area contributed by atoms with Crippen LogP contribution in [-0.4, -0.2) is 43.7 Å². The zero-order chi connectivity index (χ0) is 27.6. The van der Waals surface area contributed by atoms with Gasteiger partial charge in [-0.3, -0.25) is 9.00 Å². The van der Waals surface area contributed by atoms with Crippen LogP contribution >= 0.6 is 0 Å². The lowest BCUT2D eigenvalue weighted by Crippen LogP contribution is -2.36. The highest BCUT2D eigenvalue weighted by atomic mass is 32.2. The summed E-state index contributed by atoms with van der Waals surface area (Å²) in [6.07, 6.45) is 1.73. The molecule has 202 valence electrons. The van der Waals surface area contributed by atoms with E-state index in [0.717, 1.165) is 6.07 Å². The van der Waals surface area contributed by atoms with Gasteiger partial charge in [0.15, 0.2) is 11.5 Å². The van der Waals surface area contributed by atoms with Gasteiger partial charge >= 0.3 is 6.18 Å². The first-order chi connectivity index (χ1) is 18.0. The smallest absolute Gasteiger partial charge is 0.433 e. The number of benzene rings is 1. The number of oxazole rings is 1.